The van der Waals surface area contributed by atoms with Gasteiger partial charge in [0.1, 0.15) is 11.4 Å². The largest absolute Gasteiger partial charge is 0.477 e. The van der Waals surface area contributed by atoms with Crippen LogP contribution in [-0.2, 0) is 19.5 Å². The van der Waals surface area contributed by atoms with Gasteiger partial charge in [-0.2, -0.15) is 10.3 Å². The van der Waals surface area contributed by atoms with Crippen LogP contribution >= 0.6 is 0 Å². The Labute approximate surface area is 245 Å². The highest BCUT2D eigenvalue weighted by Crippen LogP contribution is 2.32. The first-order chi connectivity index (χ1) is 20.6. The molecule has 0 aliphatic carbocycles. The monoisotopic (exact) mass is 564 g/mol. The molecule has 0 amide bonds. The first kappa shape index (κ1) is 28.5. The average molecular weight is 565 g/mol. The Hall–Kier alpha value is -4.99. The number of carboxylic acid groups (broad SMARTS) is 1. The molecule has 2 aromatic heterocycles. The van der Waals surface area contributed by atoms with Crippen molar-refractivity contribution in [1.29, 1.82) is 0 Å². The number of aromatic nitrogens is 6. The van der Waals surface area contributed by atoms with Gasteiger partial charge in [0.15, 0.2) is 5.82 Å². The van der Waals surface area contributed by atoms with Crippen molar-refractivity contribution in [3.8, 4) is 22.5 Å². The molecule has 0 atom stereocenters. The summed E-state index contributed by atoms with van der Waals surface area (Å²) >= 11 is 0. The zero-order valence-electron chi connectivity index (χ0n) is 24.0. The number of carbonyl (C=O) groups is 1. The maximum Gasteiger partial charge on any atom is 0.343 e. The van der Waals surface area contributed by atoms with Crippen molar-refractivity contribution >= 4 is 17.6 Å². The molecule has 5 aromatic rings. The van der Waals surface area contributed by atoms with E-state index in [1.54, 1.807) is 0 Å². The Morgan fingerprint density at radius 3 is 2.33 bits per heavy atom. The van der Waals surface area contributed by atoms with Crippen LogP contribution in [0.1, 0.15) is 48.2 Å². The minimum absolute atomic E-state index is 0.218. The molecule has 2 heterocycles. The molecule has 0 unspecified atom stereocenters. The zero-order valence-corrected chi connectivity index (χ0v) is 24.0. The van der Waals surface area contributed by atoms with E-state index in [4.69, 9.17) is 5.10 Å². The van der Waals surface area contributed by atoms with Crippen molar-refractivity contribution in [2.45, 2.75) is 46.2 Å². The van der Waals surface area contributed by atoms with Crippen LogP contribution in [0.2, 0.25) is 0 Å². The number of hydrogen-bond donors (Lipinski definition) is 3. The molecule has 0 aliphatic rings. The second-order valence-electron chi connectivity index (χ2n) is 10.1. The Kier molecular flexibility index (Phi) is 9.23. The molecule has 42 heavy (non-hydrogen) atoms. The molecule has 216 valence electrons. The third kappa shape index (κ3) is 6.49. The van der Waals surface area contributed by atoms with Crippen LogP contribution in [-0.4, -0.2) is 54.6 Å². The molecule has 3 aromatic carbocycles. The number of aromatic carboxylic acids is 1. The number of rotatable bonds is 14. The highest BCUT2D eigenvalue weighted by molar-refractivity contribution is 5.99. The second kappa shape index (κ2) is 13.6. The van der Waals surface area contributed by atoms with Gasteiger partial charge >= 0.3 is 5.97 Å². The normalized spacial score (nSPS) is 11.0. The first-order valence-corrected chi connectivity index (χ1v) is 14.4. The number of tetrazole rings is 1. The Bertz CT molecular complexity index is 1580. The predicted octanol–water partition coefficient (Wildman–Crippen LogP) is 5.91. The summed E-state index contributed by atoms with van der Waals surface area (Å²) in [6, 6.07) is 26.4. The van der Waals surface area contributed by atoms with Gasteiger partial charge in [0.25, 0.3) is 0 Å². The molecule has 0 fully saturated rings. The number of aryl methyl sites for hydroxylation is 2. The van der Waals surface area contributed by atoms with E-state index in [0.717, 1.165) is 41.5 Å². The van der Waals surface area contributed by atoms with Crippen molar-refractivity contribution < 1.29 is 9.90 Å². The lowest BCUT2D eigenvalue weighted by Gasteiger charge is -2.23. The number of benzene rings is 3. The molecule has 0 spiro atoms. The summed E-state index contributed by atoms with van der Waals surface area (Å²) in [6.45, 7) is 6.60. The van der Waals surface area contributed by atoms with E-state index in [1.807, 2.05) is 47.1 Å². The molecule has 0 saturated carbocycles. The van der Waals surface area contributed by atoms with E-state index in [9.17, 15) is 9.90 Å². The summed E-state index contributed by atoms with van der Waals surface area (Å²) in [5, 5.41) is 33.1. The first-order valence-electron chi connectivity index (χ1n) is 14.4. The Morgan fingerprint density at radius 1 is 0.929 bits per heavy atom. The van der Waals surface area contributed by atoms with E-state index in [2.05, 4.69) is 81.1 Å². The van der Waals surface area contributed by atoms with Crippen LogP contribution < -0.4 is 10.2 Å². The van der Waals surface area contributed by atoms with Gasteiger partial charge in [-0.25, -0.2) is 9.48 Å². The van der Waals surface area contributed by atoms with Gasteiger partial charge in [-0.1, -0.05) is 92.7 Å². The van der Waals surface area contributed by atoms with E-state index >= 15 is 0 Å². The molecule has 0 bridgehead atoms. The summed E-state index contributed by atoms with van der Waals surface area (Å²) < 4.78 is 1.82. The molecular formula is C32H36N8O2. The molecule has 0 aliphatic heterocycles. The summed E-state index contributed by atoms with van der Waals surface area (Å²) in [5.41, 5.74) is 5.39. The molecule has 3 N–H and O–H groups in total. The third-order valence-corrected chi connectivity index (χ3v) is 7.09. The topological polar surface area (TPSA) is 125 Å². The second-order valence-corrected chi connectivity index (χ2v) is 10.1. The number of hydrogen-bond acceptors (Lipinski definition) is 7. The third-order valence-electron chi connectivity index (χ3n) is 7.09. The van der Waals surface area contributed by atoms with Crippen molar-refractivity contribution in [2.24, 2.45) is 0 Å². The minimum atomic E-state index is -0.982. The molecular weight excluding hydrogens is 528 g/mol. The summed E-state index contributed by atoms with van der Waals surface area (Å²) in [4.78, 5) is 14.7. The highest BCUT2D eigenvalue weighted by atomic mass is 16.4. The van der Waals surface area contributed by atoms with Crippen LogP contribution in [0.25, 0.3) is 22.5 Å². The van der Waals surface area contributed by atoms with Crippen LogP contribution in [0.15, 0.2) is 78.9 Å². The fourth-order valence-electron chi connectivity index (χ4n) is 5.08. The lowest BCUT2D eigenvalue weighted by molar-refractivity contribution is 0.0698. The number of anilines is 2. The number of carboxylic acids is 1. The zero-order chi connectivity index (χ0) is 29.3. The van der Waals surface area contributed by atoms with Crippen LogP contribution in [0, 0.1) is 0 Å². The van der Waals surface area contributed by atoms with Crippen LogP contribution in [0.4, 0.5) is 11.6 Å². The summed E-state index contributed by atoms with van der Waals surface area (Å²) in [5.74, 6) is 0.608. The van der Waals surface area contributed by atoms with Crippen molar-refractivity contribution in [2.75, 3.05) is 23.3 Å². The molecule has 10 nitrogen and oxygen atoms in total. The van der Waals surface area contributed by atoms with Gasteiger partial charge in [-0.15, -0.1) is 10.2 Å². The standard InChI is InChI=1S/C32H36N8O2/c1-3-19-33-30-28(32(41)42)31(36-40(30)21-18-23-10-6-5-7-11-23)39(20-4-2)22-24-14-16-25(17-15-24)26-12-8-9-13-27(26)29-34-37-38-35-29/h5-17,33H,3-4,18-22H2,1-2H3,(H,41,42)(H,34,35,37,38). The minimum Gasteiger partial charge on any atom is -0.477 e. The fraction of sp³-hybridized carbons (Fsp3) is 0.281. The van der Waals surface area contributed by atoms with Gasteiger partial charge in [-0.05, 0) is 46.7 Å². The molecule has 5 rings (SSSR count). The lowest BCUT2D eigenvalue weighted by atomic mass is 9.98. The Balaban J connectivity index is 1.44. The number of aromatic amines is 1. The van der Waals surface area contributed by atoms with E-state index in [0.29, 0.717) is 43.6 Å². The van der Waals surface area contributed by atoms with E-state index in [-0.39, 0.29) is 5.56 Å². The van der Waals surface area contributed by atoms with Crippen molar-refractivity contribution in [3.63, 3.8) is 0 Å². The molecule has 10 heteroatoms. The predicted molar refractivity (Wildman–Crippen MR) is 165 cm³/mol. The van der Waals surface area contributed by atoms with Gasteiger partial charge < -0.3 is 15.3 Å². The number of nitrogens with zero attached hydrogens (tertiary/aromatic N) is 6. The summed E-state index contributed by atoms with van der Waals surface area (Å²) in [6.07, 6.45) is 2.48. The van der Waals surface area contributed by atoms with E-state index < -0.39 is 5.97 Å². The van der Waals surface area contributed by atoms with E-state index in [1.165, 1.54) is 5.56 Å². The lowest BCUT2D eigenvalue weighted by Crippen LogP contribution is -2.26. The van der Waals surface area contributed by atoms with Gasteiger partial charge in [0, 0.05) is 31.7 Å². The maximum atomic E-state index is 12.6. The van der Waals surface area contributed by atoms with Crippen molar-refractivity contribution in [3.05, 3.63) is 95.6 Å². The average Bonchev–Trinajstić information content (AvgIpc) is 3.68. The van der Waals surface area contributed by atoms with Crippen molar-refractivity contribution in [1.82, 2.24) is 30.4 Å². The van der Waals surface area contributed by atoms with Gasteiger partial charge in [0.05, 0.1) is 0 Å². The quantitative estimate of drug-likeness (QED) is 0.152. The van der Waals surface area contributed by atoms with Crippen LogP contribution in [0.3, 0.4) is 0 Å². The number of nitrogens with one attached hydrogen (secondary N) is 2. The fourth-order valence-corrected chi connectivity index (χ4v) is 5.08. The SMILES string of the molecule is CCCNc1c(C(=O)O)c(N(CCC)Cc2ccc(-c3ccccc3-c3nn[nH]n3)cc2)nn1CCc1ccccc1. The number of H-pyrrole nitrogens is 1. The highest BCUT2D eigenvalue weighted by Gasteiger charge is 2.27. The molecule has 0 saturated heterocycles. The smallest absolute Gasteiger partial charge is 0.343 e. The van der Waals surface area contributed by atoms with Gasteiger partial charge in [-0.3, -0.25) is 0 Å². The summed E-state index contributed by atoms with van der Waals surface area (Å²) in [7, 11) is 0. The van der Waals surface area contributed by atoms with Crippen LogP contribution in [0.5, 0.6) is 0 Å². The Morgan fingerprint density at radius 2 is 1.67 bits per heavy atom. The molecule has 0 radical (unpaired) electrons. The maximum absolute atomic E-state index is 12.6. The van der Waals surface area contributed by atoms with Gasteiger partial charge in [0.2, 0.25) is 5.82 Å².